The maximum atomic E-state index is 8.90. The summed E-state index contributed by atoms with van der Waals surface area (Å²) in [5.74, 6) is 0.671. The van der Waals surface area contributed by atoms with E-state index >= 15 is 0 Å². The molecule has 1 unspecified atom stereocenters. The number of halogens is 1. The van der Waals surface area contributed by atoms with E-state index in [2.05, 4.69) is 11.0 Å². The van der Waals surface area contributed by atoms with Crippen LogP contribution < -0.4 is 0 Å². The lowest BCUT2D eigenvalue weighted by Gasteiger charge is -2.15. The molecule has 1 aliphatic rings. The maximum Gasteiger partial charge on any atom is 0.0434 e. The minimum atomic E-state index is 0.315. The van der Waals surface area contributed by atoms with Crippen molar-refractivity contribution in [3.8, 4) is 0 Å². The minimum absolute atomic E-state index is 0.315. The van der Waals surface area contributed by atoms with Gasteiger partial charge in [0.05, 0.1) is 0 Å². The summed E-state index contributed by atoms with van der Waals surface area (Å²) in [4.78, 5) is 2.44. The van der Waals surface area contributed by atoms with Crippen LogP contribution in [-0.2, 0) is 6.54 Å². The van der Waals surface area contributed by atoms with Gasteiger partial charge in [0.25, 0.3) is 0 Å². The maximum absolute atomic E-state index is 8.90. The van der Waals surface area contributed by atoms with Crippen LogP contribution in [0.15, 0.2) is 24.3 Å². The molecule has 88 valence electrons. The molecule has 1 saturated heterocycles. The number of benzene rings is 1. The van der Waals surface area contributed by atoms with Gasteiger partial charge in [0.15, 0.2) is 0 Å². The van der Waals surface area contributed by atoms with E-state index < -0.39 is 0 Å². The summed E-state index contributed by atoms with van der Waals surface area (Å²) in [6.45, 7) is 3.53. The molecule has 1 aromatic carbocycles. The summed E-state index contributed by atoms with van der Waals surface area (Å²) in [6.07, 6.45) is 2.15. The van der Waals surface area contributed by atoms with Crippen LogP contribution in [0.1, 0.15) is 18.4 Å². The van der Waals surface area contributed by atoms with E-state index in [1.165, 1.54) is 12.0 Å². The summed E-state index contributed by atoms with van der Waals surface area (Å²) >= 11 is 5.96. The standard InChI is InChI=1S/C13H18ClNO/c14-13-3-1-2-12(8-13)10-15-6-4-11(9-15)5-7-16/h1-3,8,11,16H,4-7,9-10H2. The van der Waals surface area contributed by atoms with Gasteiger partial charge < -0.3 is 5.11 Å². The number of likely N-dealkylation sites (tertiary alicyclic amines) is 1. The smallest absolute Gasteiger partial charge is 0.0434 e. The third kappa shape index (κ3) is 3.21. The van der Waals surface area contributed by atoms with Crippen molar-refractivity contribution < 1.29 is 5.11 Å². The topological polar surface area (TPSA) is 23.5 Å². The Hall–Kier alpha value is -0.570. The number of nitrogens with zero attached hydrogens (tertiary/aromatic N) is 1. The molecule has 1 heterocycles. The first-order valence-electron chi connectivity index (χ1n) is 5.85. The van der Waals surface area contributed by atoms with Crippen LogP contribution in [0, 0.1) is 5.92 Å². The molecular formula is C13H18ClNO. The van der Waals surface area contributed by atoms with Crippen molar-refractivity contribution in [3.05, 3.63) is 34.9 Å². The largest absolute Gasteiger partial charge is 0.396 e. The fourth-order valence-corrected chi connectivity index (χ4v) is 2.58. The molecule has 1 N–H and O–H groups in total. The third-order valence-electron chi connectivity index (χ3n) is 3.20. The van der Waals surface area contributed by atoms with Crippen LogP contribution in [0.3, 0.4) is 0 Å². The predicted molar refractivity (Wildman–Crippen MR) is 66.5 cm³/mol. The van der Waals surface area contributed by atoms with Gasteiger partial charge in [0, 0.05) is 24.7 Å². The zero-order chi connectivity index (χ0) is 11.4. The molecule has 3 heteroatoms. The van der Waals surface area contributed by atoms with E-state index in [1.807, 2.05) is 18.2 Å². The van der Waals surface area contributed by atoms with E-state index in [0.29, 0.717) is 12.5 Å². The zero-order valence-electron chi connectivity index (χ0n) is 9.40. The van der Waals surface area contributed by atoms with E-state index in [4.69, 9.17) is 16.7 Å². The summed E-state index contributed by atoms with van der Waals surface area (Å²) in [6, 6.07) is 8.05. The van der Waals surface area contributed by atoms with Gasteiger partial charge in [-0.3, -0.25) is 4.90 Å². The Labute approximate surface area is 102 Å². The van der Waals surface area contributed by atoms with Crippen molar-refractivity contribution in [2.75, 3.05) is 19.7 Å². The highest BCUT2D eigenvalue weighted by Gasteiger charge is 2.21. The zero-order valence-corrected chi connectivity index (χ0v) is 10.2. The van der Waals surface area contributed by atoms with Crippen molar-refractivity contribution >= 4 is 11.6 Å². The highest BCUT2D eigenvalue weighted by Crippen LogP contribution is 2.21. The first kappa shape index (κ1) is 11.9. The van der Waals surface area contributed by atoms with Crippen molar-refractivity contribution in [2.24, 2.45) is 5.92 Å². The van der Waals surface area contributed by atoms with E-state index in [-0.39, 0.29) is 0 Å². The minimum Gasteiger partial charge on any atom is -0.396 e. The number of rotatable bonds is 4. The average Bonchev–Trinajstić information content (AvgIpc) is 2.66. The van der Waals surface area contributed by atoms with Gasteiger partial charge in [-0.25, -0.2) is 0 Å². The molecule has 2 rings (SSSR count). The molecule has 1 aliphatic heterocycles. The quantitative estimate of drug-likeness (QED) is 0.873. The highest BCUT2D eigenvalue weighted by atomic mass is 35.5. The summed E-state index contributed by atoms with van der Waals surface area (Å²) in [5, 5.41) is 9.71. The Morgan fingerprint density at radius 3 is 3.06 bits per heavy atom. The van der Waals surface area contributed by atoms with Crippen LogP contribution in [0.4, 0.5) is 0 Å². The van der Waals surface area contributed by atoms with Crippen molar-refractivity contribution in [2.45, 2.75) is 19.4 Å². The fraction of sp³-hybridized carbons (Fsp3) is 0.538. The van der Waals surface area contributed by atoms with Crippen molar-refractivity contribution in [3.63, 3.8) is 0 Å². The van der Waals surface area contributed by atoms with Crippen LogP contribution in [-0.4, -0.2) is 29.7 Å². The number of aliphatic hydroxyl groups is 1. The van der Waals surface area contributed by atoms with E-state index in [1.54, 1.807) is 0 Å². The Morgan fingerprint density at radius 1 is 1.44 bits per heavy atom. The molecule has 1 fully saturated rings. The van der Waals surface area contributed by atoms with Gasteiger partial charge >= 0.3 is 0 Å². The molecule has 0 bridgehead atoms. The SMILES string of the molecule is OCCC1CCN(Cc2cccc(Cl)c2)C1. The molecule has 0 aliphatic carbocycles. The summed E-state index contributed by atoms with van der Waals surface area (Å²) in [5.41, 5.74) is 1.28. The average molecular weight is 240 g/mol. The lowest BCUT2D eigenvalue weighted by Crippen LogP contribution is -2.20. The Balaban J connectivity index is 1.87. The monoisotopic (exact) mass is 239 g/mol. The second kappa shape index (κ2) is 5.67. The van der Waals surface area contributed by atoms with Crippen LogP contribution in [0.2, 0.25) is 5.02 Å². The van der Waals surface area contributed by atoms with Crippen LogP contribution in [0.5, 0.6) is 0 Å². The lowest BCUT2D eigenvalue weighted by atomic mass is 10.1. The molecule has 0 saturated carbocycles. The third-order valence-corrected chi connectivity index (χ3v) is 3.44. The lowest BCUT2D eigenvalue weighted by molar-refractivity contribution is 0.249. The van der Waals surface area contributed by atoms with Crippen molar-refractivity contribution in [1.82, 2.24) is 4.90 Å². The summed E-state index contributed by atoms with van der Waals surface area (Å²) < 4.78 is 0. The molecule has 1 atom stereocenters. The summed E-state index contributed by atoms with van der Waals surface area (Å²) in [7, 11) is 0. The fourth-order valence-electron chi connectivity index (χ4n) is 2.37. The van der Waals surface area contributed by atoms with E-state index in [0.717, 1.165) is 31.1 Å². The van der Waals surface area contributed by atoms with Gasteiger partial charge in [-0.05, 0) is 43.0 Å². The molecule has 16 heavy (non-hydrogen) atoms. The molecule has 2 nitrogen and oxygen atoms in total. The normalized spacial score (nSPS) is 21.5. The molecule has 0 radical (unpaired) electrons. The van der Waals surface area contributed by atoms with Gasteiger partial charge in [-0.1, -0.05) is 23.7 Å². The van der Waals surface area contributed by atoms with Crippen LogP contribution >= 0.6 is 11.6 Å². The van der Waals surface area contributed by atoms with Gasteiger partial charge in [0.2, 0.25) is 0 Å². The predicted octanol–water partition coefficient (Wildman–Crippen LogP) is 2.54. The van der Waals surface area contributed by atoms with E-state index in [9.17, 15) is 0 Å². The molecule has 1 aromatic rings. The Bertz CT molecular complexity index is 342. The van der Waals surface area contributed by atoms with Gasteiger partial charge in [0.1, 0.15) is 0 Å². The first-order valence-corrected chi connectivity index (χ1v) is 6.23. The van der Waals surface area contributed by atoms with Crippen LogP contribution in [0.25, 0.3) is 0 Å². The van der Waals surface area contributed by atoms with Crippen molar-refractivity contribution in [1.29, 1.82) is 0 Å². The number of hydrogen-bond acceptors (Lipinski definition) is 2. The first-order chi connectivity index (χ1) is 7.78. The number of hydrogen-bond donors (Lipinski definition) is 1. The molecular weight excluding hydrogens is 222 g/mol. The van der Waals surface area contributed by atoms with Gasteiger partial charge in [-0.15, -0.1) is 0 Å². The molecule has 0 amide bonds. The molecule has 0 spiro atoms. The van der Waals surface area contributed by atoms with Gasteiger partial charge in [-0.2, -0.15) is 0 Å². The Kier molecular flexibility index (Phi) is 4.22. The Morgan fingerprint density at radius 2 is 2.31 bits per heavy atom. The highest BCUT2D eigenvalue weighted by molar-refractivity contribution is 6.30. The molecule has 0 aromatic heterocycles. The second-order valence-corrected chi connectivity index (χ2v) is 4.97. The number of aliphatic hydroxyl groups excluding tert-OH is 1. The second-order valence-electron chi connectivity index (χ2n) is 4.53.